The highest BCUT2D eigenvalue weighted by Crippen LogP contribution is 2.49. The highest BCUT2D eigenvalue weighted by atomic mass is 32.1. The Bertz CT molecular complexity index is 454. The maximum atomic E-state index is 12.6. The number of benzene rings is 1. The highest BCUT2D eigenvalue weighted by molar-refractivity contribution is 7.80. The normalized spacial score (nSPS) is 16.1. The quantitative estimate of drug-likeness (QED) is 0.824. The van der Waals surface area contributed by atoms with E-state index in [0.717, 1.165) is 18.4 Å². The van der Waals surface area contributed by atoms with E-state index in [-0.39, 0.29) is 11.3 Å². The topological polar surface area (TPSA) is 46.3 Å². The molecule has 0 aliphatic heterocycles. The summed E-state index contributed by atoms with van der Waals surface area (Å²) in [4.78, 5) is 14.7. The lowest BCUT2D eigenvalue weighted by atomic mass is 9.94. The molecule has 96 valence electrons. The minimum absolute atomic E-state index is 0.156. The third kappa shape index (κ3) is 2.38. The molecule has 0 aromatic heterocycles. The number of carbonyl (C=O) groups is 1. The van der Waals surface area contributed by atoms with Crippen molar-refractivity contribution in [2.45, 2.75) is 25.2 Å². The van der Waals surface area contributed by atoms with Gasteiger partial charge in [0.15, 0.2) is 0 Å². The van der Waals surface area contributed by atoms with Gasteiger partial charge in [-0.15, -0.1) is 0 Å². The molecule has 0 saturated heterocycles. The van der Waals surface area contributed by atoms with Crippen LogP contribution in [0.1, 0.15) is 25.3 Å². The molecule has 2 rings (SSSR count). The van der Waals surface area contributed by atoms with Crippen LogP contribution in [0, 0.1) is 0 Å². The molecule has 3 nitrogen and oxygen atoms in total. The van der Waals surface area contributed by atoms with Gasteiger partial charge in [0.2, 0.25) is 5.91 Å². The zero-order valence-electron chi connectivity index (χ0n) is 10.6. The fourth-order valence-corrected chi connectivity index (χ4v) is 2.48. The van der Waals surface area contributed by atoms with Gasteiger partial charge in [0.25, 0.3) is 0 Å². The summed E-state index contributed by atoms with van der Waals surface area (Å²) in [5.74, 6) is 0.156. The number of nitrogens with two attached hydrogens (primary N) is 1. The largest absolute Gasteiger partial charge is 0.392 e. The molecule has 0 radical (unpaired) electrons. The lowest BCUT2D eigenvalue weighted by molar-refractivity contribution is -0.133. The Labute approximate surface area is 113 Å². The van der Waals surface area contributed by atoms with E-state index >= 15 is 0 Å². The van der Waals surface area contributed by atoms with Crippen LogP contribution in [0.25, 0.3) is 0 Å². The van der Waals surface area contributed by atoms with Gasteiger partial charge in [0.1, 0.15) is 0 Å². The van der Waals surface area contributed by atoms with Crippen LogP contribution in [-0.4, -0.2) is 28.9 Å². The van der Waals surface area contributed by atoms with Gasteiger partial charge in [-0.2, -0.15) is 0 Å². The summed E-state index contributed by atoms with van der Waals surface area (Å²) in [6.07, 6.45) is 1.84. The predicted molar refractivity (Wildman–Crippen MR) is 76.4 cm³/mol. The Morgan fingerprint density at radius 2 is 2.00 bits per heavy atom. The fraction of sp³-hybridized carbons (Fsp3) is 0.429. The van der Waals surface area contributed by atoms with Gasteiger partial charge >= 0.3 is 0 Å². The molecule has 0 bridgehead atoms. The second-order valence-electron chi connectivity index (χ2n) is 4.73. The first-order valence-corrected chi connectivity index (χ1v) is 6.64. The van der Waals surface area contributed by atoms with Gasteiger partial charge in [0.05, 0.1) is 16.9 Å². The highest BCUT2D eigenvalue weighted by Gasteiger charge is 2.52. The molecule has 1 aromatic rings. The molecular weight excluding hydrogens is 244 g/mol. The van der Waals surface area contributed by atoms with E-state index in [9.17, 15) is 4.79 Å². The van der Waals surface area contributed by atoms with Crippen LogP contribution in [-0.2, 0) is 10.2 Å². The molecule has 0 atom stereocenters. The van der Waals surface area contributed by atoms with Crippen LogP contribution >= 0.6 is 12.2 Å². The molecule has 1 aromatic carbocycles. The third-order valence-electron chi connectivity index (χ3n) is 3.50. The first-order chi connectivity index (χ1) is 8.60. The average Bonchev–Trinajstić information content (AvgIpc) is 3.17. The second-order valence-corrected chi connectivity index (χ2v) is 5.26. The lowest BCUT2D eigenvalue weighted by Crippen LogP contribution is -2.43. The fourth-order valence-electron chi connectivity index (χ4n) is 2.33. The number of hydrogen-bond acceptors (Lipinski definition) is 2. The van der Waals surface area contributed by atoms with Crippen LogP contribution < -0.4 is 5.73 Å². The maximum absolute atomic E-state index is 12.6. The molecular formula is C14H18N2OS. The van der Waals surface area contributed by atoms with E-state index in [1.54, 1.807) is 4.90 Å². The average molecular weight is 262 g/mol. The lowest BCUT2D eigenvalue weighted by Gasteiger charge is -2.26. The maximum Gasteiger partial charge on any atom is 0.233 e. The van der Waals surface area contributed by atoms with E-state index in [1.165, 1.54) is 0 Å². The Hall–Kier alpha value is -1.42. The first kappa shape index (κ1) is 13.0. The zero-order valence-corrected chi connectivity index (χ0v) is 11.4. The number of amides is 1. The molecule has 1 saturated carbocycles. The van der Waals surface area contributed by atoms with Crippen LogP contribution in [0.3, 0.4) is 0 Å². The predicted octanol–water partition coefficient (Wildman–Crippen LogP) is 1.85. The van der Waals surface area contributed by atoms with Gasteiger partial charge in [0, 0.05) is 6.54 Å². The minimum atomic E-state index is -0.317. The number of rotatable bonds is 5. The number of carbonyl (C=O) groups excluding carboxylic acids is 1. The molecule has 0 heterocycles. The van der Waals surface area contributed by atoms with Gasteiger partial charge in [-0.25, -0.2) is 0 Å². The first-order valence-electron chi connectivity index (χ1n) is 6.23. The minimum Gasteiger partial charge on any atom is -0.392 e. The number of likely N-dealkylation sites (N-methyl/N-ethyl adjacent to an activating group) is 1. The Kier molecular flexibility index (Phi) is 3.66. The molecule has 1 aliphatic rings. The SMILES string of the molecule is CCN(CC(N)=S)C(=O)C1(c2ccccc2)CC1. The van der Waals surface area contributed by atoms with Crippen molar-refractivity contribution in [1.29, 1.82) is 0 Å². The summed E-state index contributed by atoms with van der Waals surface area (Å²) in [6, 6.07) is 9.98. The van der Waals surface area contributed by atoms with Crippen molar-refractivity contribution in [2.24, 2.45) is 5.73 Å². The summed E-state index contributed by atoms with van der Waals surface area (Å²) in [7, 11) is 0. The number of thiocarbonyl (C=S) groups is 1. The molecule has 0 unspecified atom stereocenters. The molecule has 18 heavy (non-hydrogen) atoms. The summed E-state index contributed by atoms with van der Waals surface area (Å²) in [5.41, 5.74) is 6.34. The summed E-state index contributed by atoms with van der Waals surface area (Å²) < 4.78 is 0. The third-order valence-corrected chi connectivity index (χ3v) is 3.63. The van der Waals surface area contributed by atoms with Gasteiger partial charge in [-0.05, 0) is 25.3 Å². The van der Waals surface area contributed by atoms with Crippen molar-refractivity contribution < 1.29 is 4.79 Å². The smallest absolute Gasteiger partial charge is 0.233 e. The molecule has 2 N–H and O–H groups in total. The van der Waals surface area contributed by atoms with Gasteiger partial charge in [-0.1, -0.05) is 42.5 Å². The molecule has 0 spiro atoms. The molecule has 1 amide bonds. The molecule has 4 heteroatoms. The van der Waals surface area contributed by atoms with Crippen molar-refractivity contribution in [3.8, 4) is 0 Å². The molecule has 1 aliphatic carbocycles. The number of hydrogen-bond donors (Lipinski definition) is 1. The summed E-state index contributed by atoms with van der Waals surface area (Å²) in [6.45, 7) is 2.97. The van der Waals surface area contributed by atoms with Gasteiger partial charge < -0.3 is 10.6 Å². The van der Waals surface area contributed by atoms with Crippen molar-refractivity contribution in [3.05, 3.63) is 35.9 Å². The van der Waals surface area contributed by atoms with E-state index in [1.807, 2.05) is 37.3 Å². The van der Waals surface area contributed by atoms with E-state index in [4.69, 9.17) is 18.0 Å². The van der Waals surface area contributed by atoms with E-state index < -0.39 is 0 Å². The standard InChI is InChI=1S/C14H18N2OS/c1-2-16(10-12(15)18)13(17)14(8-9-14)11-6-4-3-5-7-11/h3-7H,2,8-10H2,1H3,(H2,15,18). The van der Waals surface area contributed by atoms with E-state index in [2.05, 4.69) is 0 Å². The Morgan fingerprint density at radius 1 is 1.39 bits per heavy atom. The van der Waals surface area contributed by atoms with Crippen molar-refractivity contribution >= 4 is 23.1 Å². The van der Waals surface area contributed by atoms with E-state index in [0.29, 0.717) is 18.1 Å². The Balaban J connectivity index is 2.20. The van der Waals surface area contributed by atoms with Gasteiger partial charge in [-0.3, -0.25) is 4.79 Å². The van der Waals surface area contributed by atoms with Crippen LogP contribution in [0.2, 0.25) is 0 Å². The summed E-state index contributed by atoms with van der Waals surface area (Å²) in [5, 5.41) is 0. The van der Waals surface area contributed by atoms with Crippen LogP contribution in [0.5, 0.6) is 0 Å². The Morgan fingerprint density at radius 3 is 2.44 bits per heavy atom. The zero-order chi connectivity index (χ0) is 13.2. The summed E-state index contributed by atoms with van der Waals surface area (Å²) >= 11 is 4.90. The second kappa shape index (κ2) is 5.06. The van der Waals surface area contributed by atoms with Crippen molar-refractivity contribution in [2.75, 3.05) is 13.1 Å². The van der Waals surface area contributed by atoms with Crippen LogP contribution in [0.15, 0.2) is 30.3 Å². The monoisotopic (exact) mass is 262 g/mol. The number of nitrogens with zero attached hydrogens (tertiary/aromatic N) is 1. The van der Waals surface area contributed by atoms with Crippen molar-refractivity contribution in [3.63, 3.8) is 0 Å². The van der Waals surface area contributed by atoms with Crippen LogP contribution in [0.4, 0.5) is 0 Å². The molecule has 1 fully saturated rings. The van der Waals surface area contributed by atoms with Crippen molar-refractivity contribution in [1.82, 2.24) is 4.90 Å².